The summed E-state index contributed by atoms with van der Waals surface area (Å²) in [5.74, 6) is 1.61. The van der Waals surface area contributed by atoms with Crippen molar-refractivity contribution in [3.63, 3.8) is 0 Å². The van der Waals surface area contributed by atoms with E-state index in [0.717, 1.165) is 40.0 Å². The minimum atomic E-state index is -0.128. The number of carbonyl (C=O) groups excluding carboxylic acids is 1. The van der Waals surface area contributed by atoms with Gasteiger partial charge in [0, 0.05) is 12.1 Å². The average Bonchev–Trinajstić information content (AvgIpc) is 3.17. The quantitative estimate of drug-likeness (QED) is 0.541. The summed E-state index contributed by atoms with van der Waals surface area (Å²) in [7, 11) is 0. The topological polar surface area (TPSA) is 65.4 Å². The number of halogens is 1. The van der Waals surface area contributed by atoms with Gasteiger partial charge in [0.2, 0.25) is 5.91 Å². The van der Waals surface area contributed by atoms with Gasteiger partial charge in [-0.15, -0.1) is 0 Å². The van der Waals surface area contributed by atoms with Crippen molar-refractivity contribution >= 4 is 35.0 Å². The Labute approximate surface area is 184 Å². The number of benzene rings is 2. The van der Waals surface area contributed by atoms with Crippen LogP contribution in [-0.4, -0.2) is 34.4 Å². The van der Waals surface area contributed by atoms with Crippen LogP contribution in [0.1, 0.15) is 12.5 Å². The number of aromatic nitrogens is 2. The van der Waals surface area contributed by atoms with Crippen molar-refractivity contribution in [3.8, 4) is 22.8 Å². The standard InChI is InChI=1S/C22H22ClN3O3S/c1-3-26-18(15-5-7-19-20(11-15)29-9-8-28-19)12-24-22(26)30-13-21(27)25-17-6-4-14(2)10-16(17)23/h4-7,10-12H,3,8-9,13H2,1-2H3,(H,25,27). The van der Waals surface area contributed by atoms with E-state index in [1.165, 1.54) is 11.8 Å². The number of amides is 1. The van der Waals surface area contributed by atoms with Crippen LogP contribution in [0.3, 0.4) is 0 Å². The number of ether oxygens (including phenoxy) is 2. The fourth-order valence-corrected chi connectivity index (χ4v) is 4.38. The second-order valence-electron chi connectivity index (χ2n) is 6.85. The molecule has 0 spiro atoms. The molecule has 4 rings (SSSR count). The third-order valence-corrected chi connectivity index (χ3v) is 6.01. The van der Waals surface area contributed by atoms with Gasteiger partial charge in [-0.1, -0.05) is 29.4 Å². The van der Waals surface area contributed by atoms with Crippen LogP contribution in [0.5, 0.6) is 11.5 Å². The third kappa shape index (κ3) is 4.42. The Hall–Kier alpha value is -2.64. The van der Waals surface area contributed by atoms with Crippen molar-refractivity contribution in [1.82, 2.24) is 9.55 Å². The molecule has 1 amide bonds. The van der Waals surface area contributed by atoms with Crippen molar-refractivity contribution in [2.75, 3.05) is 24.3 Å². The van der Waals surface area contributed by atoms with Crippen LogP contribution in [0.4, 0.5) is 5.69 Å². The molecule has 6 nitrogen and oxygen atoms in total. The molecule has 30 heavy (non-hydrogen) atoms. The van der Waals surface area contributed by atoms with E-state index in [1.807, 2.05) is 49.5 Å². The number of rotatable bonds is 6. The van der Waals surface area contributed by atoms with E-state index >= 15 is 0 Å². The van der Waals surface area contributed by atoms with E-state index in [4.69, 9.17) is 21.1 Å². The molecule has 0 fully saturated rings. The highest BCUT2D eigenvalue weighted by Gasteiger charge is 2.17. The maximum absolute atomic E-state index is 12.4. The van der Waals surface area contributed by atoms with Crippen molar-refractivity contribution in [1.29, 1.82) is 0 Å². The zero-order valence-electron chi connectivity index (χ0n) is 16.8. The minimum Gasteiger partial charge on any atom is -0.486 e. The molecule has 1 N–H and O–H groups in total. The molecule has 2 heterocycles. The van der Waals surface area contributed by atoms with Crippen LogP contribution in [0, 0.1) is 6.92 Å². The summed E-state index contributed by atoms with van der Waals surface area (Å²) in [5.41, 5.74) is 3.63. The summed E-state index contributed by atoms with van der Waals surface area (Å²) in [6.07, 6.45) is 1.83. The first-order chi connectivity index (χ1) is 14.5. The molecule has 0 aliphatic carbocycles. The molecule has 0 saturated heterocycles. The number of aryl methyl sites for hydroxylation is 1. The molecular weight excluding hydrogens is 422 g/mol. The van der Waals surface area contributed by atoms with Gasteiger partial charge < -0.3 is 19.4 Å². The third-order valence-electron chi connectivity index (χ3n) is 4.70. The molecule has 156 valence electrons. The fraction of sp³-hybridized carbons (Fsp3) is 0.273. The average molecular weight is 444 g/mol. The second kappa shape index (κ2) is 9.02. The summed E-state index contributed by atoms with van der Waals surface area (Å²) in [6.45, 7) is 5.86. The number of anilines is 1. The number of nitrogens with zero attached hydrogens (tertiary/aromatic N) is 2. The summed E-state index contributed by atoms with van der Waals surface area (Å²) >= 11 is 7.60. The zero-order valence-corrected chi connectivity index (χ0v) is 18.3. The Morgan fingerprint density at radius 3 is 2.77 bits per heavy atom. The van der Waals surface area contributed by atoms with Gasteiger partial charge in [-0.3, -0.25) is 4.79 Å². The first-order valence-electron chi connectivity index (χ1n) is 9.69. The number of fused-ring (bicyclic) bond motifs is 1. The highest BCUT2D eigenvalue weighted by Crippen LogP contribution is 2.35. The summed E-state index contributed by atoms with van der Waals surface area (Å²) in [4.78, 5) is 16.9. The van der Waals surface area contributed by atoms with Crippen LogP contribution in [0.15, 0.2) is 47.8 Å². The first-order valence-corrected chi connectivity index (χ1v) is 11.1. The number of hydrogen-bond acceptors (Lipinski definition) is 5. The SMILES string of the molecule is CCn1c(-c2ccc3c(c2)OCCO3)cnc1SCC(=O)Nc1ccc(C)cc1Cl. The molecule has 0 atom stereocenters. The minimum absolute atomic E-state index is 0.128. The number of carbonyl (C=O) groups is 1. The van der Waals surface area contributed by atoms with Crippen LogP contribution in [0.25, 0.3) is 11.3 Å². The molecular formula is C22H22ClN3O3S. The van der Waals surface area contributed by atoms with Gasteiger partial charge >= 0.3 is 0 Å². The summed E-state index contributed by atoms with van der Waals surface area (Å²) in [5, 5.41) is 4.18. The molecule has 0 radical (unpaired) electrons. The predicted molar refractivity (Wildman–Crippen MR) is 120 cm³/mol. The molecule has 0 unspecified atom stereocenters. The number of imidazole rings is 1. The maximum atomic E-state index is 12.4. The van der Waals surface area contributed by atoms with Gasteiger partial charge in [0.25, 0.3) is 0 Å². The molecule has 1 aliphatic rings. The maximum Gasteiger partial charge on any atom is 0.234 e. The van der Waals surface area contributed by atoms with E-state index in [9.17, 15) is 4.79 Å². The van der Waals surface area contributed by atoms with E-state index in [2.05, 4.69) is 21.8 Å². The summed E-state index contributed by atoms with van der Waals surface area (Å²) < 4.78 is 13.4. The lowest BCUT2D eigenvalue weighted by molar-refractivity contribution is -0.113. The van der Waals surface area contributed by atoms with Crippen LogP contribution in [0.2, 0.25) is 5.02 Å². The first kappa shape index (κ1) is 20.6. The van der Waals surface area contributed by atoms with E-state index in [0.29, 0.717) is 23.9 Å². The number of thioether (sulfide) groups is 1. The highest BCUT2D eigenvalue weighted by atomic mass is 35.5. The van der Waals surface area contributed by atoms with Gasteiger partial charge in [-0.2, -0.15) is 0 Å². The van der Waals surface area contributed by atoms with Crippen LogP contribution < -0.4 is 14.8 Å². The Balaban J connectivity index is 1.46. The van der Waals surface area contributed by atoms with Crippen molar-refractivity contribution in [3.05, 3.63) is 53.2 Å². The number of hydrogen-bond donors (Lipinski definition) is 1. The molecule has 3 aromatic rings. The molecule has 0 saturated carbocycles. The van der Waals surface area contributed by atoms with E-state index in [-0.39, 0.29) is 11.7 Å². The monoisotopic (exact) mass is 443 g/mol. The normalized spacial score (nSPS) is 12.6. The lowest BCUT2D eigenvalue weighted by Gasteiger charge is -2.19. The Morgan fingerprint density at radius 1 is 1.20 bits per heavy atom. The Morgan fingerprint density at radius 2 is 2.00 bits per heavy atom. The Bertz CT molecular complexity index is 1080. The van der Waals surface area contributed by atoms with Gasteiger partial charge in [-0.25, -0.2) is 4.98 Å². The molecule has 2 aromatic carbocycles. The summed E-state index contributed by atoms with van der Waals surface area (Å²) in [6, 6.07) is 11.4. The second-order valence-corrected chi connectivity index (χ2v) is 8.20. The molecule has 0 bridgehead atoms. The predicted octanol–water partition coefficient (Wildman–Crippen LogP) is 5.03. The van der Waals surface area contributed by atoms with Crippen LogP contribution in [-0.2, 0) is 11.3 Å². The lowest BCUT2D eigenvalue weighted by atomic mass is 10.1. The van der Waals surface area contributed by atoms with Crippen molar-refractivity contribution in [2.24, 2.45) is 0 Å². The van der Waals surface area contributed by atoms with E-state index < -0.39 is 0 Å². The fourth-order valence-electron chi connectivity index (χ4n) is 3.25. The highest BCUT2D eigenvalue weighted by molar-refractivity contribution is 7.99. The van der Waals surface area contributed by atoms with Gasteiger partial charge in [0.05, 0.1) is 28.4 Å². The zero-order chi connectivity index (χ0) is 21.1. The largest absolute Gasteiger partial charge is 0.486 e. The van der Waals surface area contributed by atoms with Crippen LogP contribution >= 0.6 is 23.4 Å². The van der Waals surface area contributed by atoms with Gasteiger partial charge in [0.1, 0.15) is 13.2 Å². The van der Waals surface area contributed by atoms with Gasteiger partial charge in [-0.05, 0) is 49.7 Å². The number of nitrogens with one attached hydrogen (secondary N) is 1. The Kier molecular flexibility index (Phi) is 6.20. The van der Waals surface area contributed by atoms with Crippen molar-refractivity contribution in [2.45, 2.75) is 25.5 Å². The lowest BCUT2D eigenvalue weighted by Crippen LogP contribution is -2.15. The molecule has 8 heteroatoms. The van der Waals surface area contributed by atoms with E-state index in [1.54, 1.807) is 0 Å². The van der Waals surface area contributed by atoms with Crippen molar-refractivity contribution < 1.29 is 14.3 Å². The molecule has 1 aromatic heterocycles. The smallest absolute Gasteiger partial charge is 0.234 e. The van der Waals surface area contributed by atoms with Gasteiger partial charge in [0.15, 0.2) is 16.7 Å². The molecule has 1 aliphatic heterocycles.